The zero-order chi connectivity index (χ0) is 18.9. The lowest BCUT2D eigenvalue weighted by atomic mass is 10.1. The van der Waals surface area contributed by atoms with Crippen LogP contribution in [-0.4, -0.2) is 32.2 Å². The number of rotatable bonds is 8. The number of amides is 1. The minimum absolute atomic E-state index is 0.212. The monoisotopic (exact) mass is 357 g/mol. The van der Waals surface area contributed by atoms with Crippen LogP contribution in [0.2, 0.25) is 0 Å². The number of nitrogens with one attached hydrogen (secondary N) is 1. The summed E-state index contributed by atoms with van der Waals surface area (Å²) in [6.45, 7) is 1.53. The molecule has 0 spiro atoms. The fourth-order valence-corrected chi connectivity index (χ4v) is 2.35. The van der Waals surface area contributed by atoms with Crippen LogP contribution < -0.4 is 14.8 Å². The molecule has 1 atom stereocenters. The summed E-state index contributed by atoms with van der Waals surface area (Å²) < 4.78 is 15.6. The highest BCUT2D eigenvalue weighted by molar-refractivity contribution is 5.96. The van der Waals surface area contributed by atoms with E-state index in [9.17, 15) is 9.59 Å². The van der Waals surface area contributed by atoms with Crippen LogP contribution in [0, 0.1) is 0 Å². The van der Waals surface area contributed by atoms with E-state index >= 15 is 0 Å². The maximum Gasteiger partial charge on any atom is 0.306 e. The predicted octanol–water partition coefficient (Wildman–Crippen LogP) is 3.21. The maximum absolute atomic E-state index is 12.3. The van der Waals surface area contributed by atoms with Crippen molar-refractivity contribution in [3.8, 4) is 11.5 Å². The first-order valence-electron chi connectivity index (χ1n) is 8.29. The van der Waals surface area contributed by atoms with Crippen molar-refractivity contribution >= 4 is 17.6 Å². The number of aryl methyl sites for hydroxylation is 1. The molecular formula is C20H23NO5. The van der Waals surface area contributed by atoms with Gasteiger partial charge in [0.1, 0.15) is 11.5 Å². The van der Waals surface area contributed by atoms with Gasteiger partial charge in [-0.1, -0.05) is 30.3 Å². The van der Waals surface area contributed by atoms with Crippen molar-refractivity contribution in [3.05, 3.63) is 54.1 Å². The Morgan fingerprint density at radius 1 is 1.04 bits per heavy atom. The number of esters is 1. The van der Waals surface area contributed by atoms with Crippen molar-refractivity contribution in [1.29, 1.82) is 0 Å². The molecule has 1 unspecified atom stereocenters. The first-order chi connectivity index (χ1) is 12.5. The van der Waals surface area contributed by atoms with E-state index in [0.29, 0.717) is 23.6 Å². The van der Waals surface area contributed by atoms with Gasteiger partial charge >= 0.3 is 5.97 Å². The topological polar surface area (TPSA) is 73.9 Å². The fraction of sp³-hybridized carbons (Fsp3) is 0.300. The Morgan fingerprint density at radius 3 is 2.42 bits per heavy atom. The molecule has 0 aromatic heterocycles. The number of carbonyl (C=O) groups is 2. The third-order valence-electron chi connectivity index (χ3n) is 3.80. The van der Waals surface area contributed by atoms with Gasteiger partial charge < -0.3 is 19.5 Å². The van der Waals surface area contributed by atoms with Crippen LogP contribution in [0.1, 0.15) is 18.9 Å². The lowest BCUT2D eigenvalue weighted by molar-refractivity contribution is -0.153. The molecule has 1 N–H and O–H groups in total. The zero-order valence-electron chi connectivity index (χ0n) is 15.2. The Balaban J connectivity index is 1.90. The summed E-state index contributed by atoms with van der Waals surface area (Å²) in [4.78, 5) is 24.3. The average molecular weight is 357 g/mol. The second kappa shape index (κ2) is 9.46. The van der Waals surface area contributed by atoms with E-state index in [-0.39, 0.29) is 6.42 Å². The Kier molecular flexibility index (Phi) is 7.02. The number of anilines is 1. The van der Waals surface area contributed by atoms with Crippen LogP contribution in [-0.2, 0) is 20.7 Å². The summed E-state index contributed by atoms with van der Waals surface area (Å²) in [6, 6.07) is 14.7. The molecule has 6 heteroatoms. The minimum atomic E-state index is -0.922. The molecule has 138 valence electrons. The number of ether oxygens (including phenoxy) is 3. The van der Waals surface area contributed by atoms with Gasteiger partial charge in [-0.05, 0) is 31.0 Å². The van der Waals surface area contributed by atoms with Crippen LogP contribution in [0.25, 0.3) is 0 Å². The molecule has 6 nitrogen and oxygen atoms in total. The normalized spacial score (nSPS) is 11.3. The first kappa shape index (κ1) is 19.3. The second-order valence-electron chi connectivity index (χ2n) is 5.67. The molecular weight excluding hydrogens is 334 g/mol. The van der Waals surface area contributed by atoms with Gasteiger partial charge in [-0.15, -0.1) is 0 Å². The lowest BCUT2D eigenvalue weighted by Gasteiger charge is -2.16. The third-order valence-corrected chi connectivity index (χ3v) is 3.80. The van der Waals surface area contributed by atoms with Gasteiger partial charge in [-0.2, -0.15) is 0 Å². The lowest BCUT2D eigenvalue weighted by Crippen LogP contribution is -2.30. The summed E-state index contributed by atoms with van der Waals surface area (Å²) in [7, 11) is 3.04. The molecule has 2 aromatic rings. The predicted molar refractivity (Wildman–Crippen MR) is 98.5 cm³/mol. The van der Waals surface area contributed by atoms with E-state index in [2.05, 4.69) is 5.32 Å². The molecule has 26 heavy (non-hydrogen) atoms. The molecule has 0 aliphatic heterocycles. The second-order valence-corrected chi connectivity index (χ2v) is 5.67. The molecule has 0 saturated carbocycles. The maximum atomic E-state index is 12.3. The van der Waals surface area contributed by atoms with Crippen LogP contribution in [0.4, 0.5) is 5.69 Å². The van der Waals surface area contributed by atoms with E-state index in [4.69, 9.17) is 14.2 Å². The molecule has 0 heterocycles. The smallest absolute Gasteiger partial charge is 0.306 e. The molecule has 2 aromatic carbocycles. The van der Waals surface area contributed by atoms with Crippen molar-refractivity contribution in [2.24, 2.45) is 0 Å². The van der Waals surface area contributed by atoms with E-state index in [1.54, 1.807) is 18.2 Å². The van der Waals surface area contributed by atoms with Crippen molar-refractivity contribution in [1.82, 2.24) is 0 Å². The largest absolute Gasteiger partial charge is 0.497 e. The van der Waals surface area contributed by atoms with Gasteiger partial charge in [0, 0.05) is 12.5 Å². The SMILES string of the molecule is COc1ccc(OC)c(NC(=O)C(C)OC(=O)CCc2ccccc2)c1. The minimum Gasteiger partial charge on any atom is -0.497 e. The molecule has 0 saturated heterocycles. The standard InChI is InChI=1S/C20H23NO5/c1-14(26-19(22)12-9-15-7-5-4-6-8-15)20(23)21-17-13-16(24-2)10-11-18(17)25-3/h4-8,10-11,13-14H,9,12H2,1-3H3,(H,21,23). The highest BCUT2D eigenvalue weighted by atomic mass is 16.5. The molecule has 0 aliphatic carbocycles. The number of carbonyl (C=O) groups excluding carboxylic acids is 2. The number of hydrogen-bond donors (Lipinski definition) is 1. The number of benzene rings is 2. The fourth-order valence-electron chi connectivity index (χ4n) is 2.35. The van der Waals surface area contributed by atoms with E-state index in [1.807, 2.05) is 30.3 Å². The number of hydrogen-bond acceptors (Lipinski definition) is 5. The van der Waals surface area contributed by atoms with Gasteiger partial charge in [0.15, 0.2) is 6.10 Å². The first-order valence-corrected chi connectivity index (χ1v) is 8.29. The zero-order valence-corrected chi connectivity index (χ0v) is 15.2. The summed E-state index contributed by atoms with van der Waals surface area (Å²) in [5.74, 6) is 0.203. The molecule has 0 aliphatic rings. The quantitative estimate of drug-likeness (QED) is 0.735. The average Bonchev–Trinajstić information content (AvgIpc) is 2.67. The Hall–Kier alpha value is -3.02. The molecule has 2 rings (SSSR count). The van der Waals surface area contributed by atoms with Gasteiger partial charge in [0.2, 0.25) is 0 Å². The summed E-state index contributed by atoms with van der Waals surface area (Å²) in [5.41, 5.74) is 1.49. The summed E-state index contributed by atoms with van der Waals surface area (Å²) >= 11 is 0. The van der Waals surface area contributed by atoms with Crippen molar-refractivity contribution in [2.75, 3.05) is 19.5 Å². The van der Waals surface area contributed by atoms with Gasteiger partial charge in [0.05, 0.1) is 19.9 Å². The van der Waals surface area contributed by atoms with Gasteiger partial charge in [-0.25, -0.2) is 0 Å². The highest BCUT2D eigenvalue weighted by Gasteiger charge is 2.19. The van der Waals surface area contributed by atoms with Crippen molar-refractivity contribution in [2.45, 2.75) is 25.9 Å². The third kappa shape index (κ3) is 5.51. The summed E-state index contributed by atoms with van der Waals surface area (Å²) in [6.07, 6.45) is -0.142. The van der Waals surface area contributed by atoms with Crippen LogP contribution >= 0.6 is 0 Å². The molecule has 0 radical (unpaired) electrons. The molecule has 0 bridgehead atoms. The van der Waals surface area contributed by atoms with Crippen molar-refractivity contribution < 1.29 is 23.8 Å². The molecule has 1 amide bonds. The van der Waals surface area contributed by atoms with Crippen LogP contribution in [0.5, 0.6) is 11.5 Å². The van der Waals surface area contributed by atoms with Crippen molar-refractivity contribution in [3.63, 3.8) is 0 Å². The van der Waals surface area contributed by atoms with Gasteiger partial charge in [0.25, 0.3) is 5.91 Å². The Morgan fingerprint density at radius 2 is 1.77 bits per heavy atom. The van der Waals surface area contributed by atoms with Crippen LogP contribution in [0.15, 0.2) is 48.5 Å². The highest BCUT2D eigenvalue weighted by Crippen LogP contribution is 2.29. The molecule has 0 fully saturated rings. The van der Waals surface area contributed by atoms with Gasteiger partial charge in [-0.3, -0.25) is 9.59 Å². The summed E-state index contributed by atoms with van der Waals surface area (Å²) in [5, 5.41) is 2.69. The number of methoxy groups -OCH3 is 2. The van der Waals surface area contributed by atoms with E-state index in [0.717, 1.165) is 5.56 Å². The Labute approximate surface area is 153 Å². The van der Waals surface area contributed by atoms with E-state index in [1.165, 1.54) is 21.1 Å². The van der Waals surface area contributed by atoms with Crippen LogP contribution in [0.3, 0.4) is 0 Å². The van der Waals surface area contributed by atoms with E-state index < -0.39 is 18.0 Å². The Bertz CT molecular complexity index is 745.